The Morgan fingerprint density at radius 3 is 3.05 bits per heavy atom. The van der Waals surface area contributed by atoms with Gasteiger partial charge < -0.3 is 15.8 Å². The minimum Gasteiger partial charge on any atom is -0.491 e. The summed E-state index contributed by atoms with van der Waals surface area (Å²) in [6.45, 7) is 2.64. The second kappa shape index (κ2) is 4.76. The van der Waals surface area contributed by atoms with E-state index in [4.69, 9.17) is 10.5 Å². The van der Waals surface area contributed by atoms with Gasteiger partial charge in [0.05, 0.1) is 6.04 Å². The van der Waals surface area contributed by atoms with E-state index < -0.39 is 0 Å². The molecule has 98 valence electrons. The third-order valence-electron chi connectivity index (χ3n) is 3.34. The van der Waals surface area contributed by atoms with Gasteiger partial charge in [0.15, 0.2) is 0 Å². The first-order chi connectivity index (χ1) is 9.29. The lowest BCUT2D eigenvalue weighted by atomic mass is 10.1. The van der Waals surface area contributed by atoms with Crippen molar-refractivity contribution in [3.8, 4) is 5.75 Å². The number of ether oxygens (including phenoxy) is 1. The van der Waals surface area contributed by atoms with Gasteiger partial charge in [0, 0.05) is 11.1 Å². The molecule has 2 heterocycles. The molecule has 0 saturated carbocycles. The lowest BCUT2D eigenvalue weighted by molar-refractivity contribution is 0.339. The lowest BCUT2D eigenvalue weighted by Crippen LogP contribution is -2.15. The first kappa shape index (κ1) is 11.8. The molecule has 0 aliphatic carbocycles. The third-order valence-corrected chi connectivity index (χ3v) is 3.34. The number of aromatic nitrogens is 2. The van der Waals surface area contributed by atoms with Crippen LogP contribution in [-0.4, -0.2) is 16.6 Å². The molecule has 1 aromatic carbocycles. The summed E-state index contributed by atoms with van der Waals surface area (Å²) >= 11 is 0. The summed E-state index contributed by atoms with van der Waals surface area (Å²) in [4.78, 5) is 8.31. The molecule has 3 rings (SSSR count). The van der Waals surface area contributed by atoms with Crippen LogP contribution in [0.1, 0.15) is 24.1 Å². The van der Waals surface area contributed by atoms with Gasteiger partial charge in [0.1, 0.15) is 30.3 Å². The van der Waals surface area contributed by atoms with E-state index in [1.54, 1.807) is 0 Å². The maximum absolute atomic E-state index is 5.88. The Morgan fingerprint density at radius 2 is 2.21 bits per heavy atom. The number of hydrogen-bond donors (Lipinski definition) is 2. The van der Waals surface area contributed by atoms with E-state index in [9.17, 15) is 0 Å². The van der Waals surface area contributed by atoms with Crippen LogP contribution in [0.3, 0.4) is 0 Å². The molecule has 5 nitrogen and oxygen atoms in total. The zero-order valence-corrected chi connectivity index (χ0v) is 10.8. The molecule has 19 heavy (non-hydrogen) atoms. The van der Waals surface area contributed by atoms with Gasteiger partial charge in [-0.3, -0.25) is 0 Å². The summed E-state index contributed by atoms with van der Waals surface area (Å²) in [7, 11) is 0. The zero-order valence-electron chi connectivity index (χ0n) is 10.8. The molecule has 5 heteroatoms. The van der Waals surface area contributed by atoms with Crippen LogP contribution in [0.5, 0.6) is 5.75 Å². The first-order valence-electron chi connectivity index (χ1n) is 6.37. The largest absolute Gasteiger partial charge is 0.491 e. The van der Waals surface area contributed by atoms with E-state index >= 15 is 0 Å². The molecule has 0 spiro atoms. The lowest BCUT2D eigenvalue weighted by Gasteiger charge is -2.15. The van der Waals surface area contributed by atoms with Crippen LogP contribution >= 0.6 is 0 Å². The molecule has 0 fully saturated rings. The summed E-state index contributed by atoms with van der Waals surface area (Å²) in [5.41, 5.74) is 7.98. The van der Waals surface area contributed by atoms with Gasteiger partial charge in [-0.2, -0.15) is 0 Å². The van der Waals surface area contributed by atoms with Gasteiger partial charge in [-0.05, 0) is 12.5 Å². The monoisotopic (exact) mass is 256 g/mol. The van der Waals surface area contributed by atoms with Crippen molar-refractivity contribution in [2.45, 2.75) is 19.4 Å². The highest BCUT2D eigenvalue weighted by Crippen LogP contribution is 2.34. The summed E-state index contributed by atoms with van der Waals surface area (Å²) in [5.74, 6) is 2.26. The molecule has 1 aliphatic heterocycles. The van der Waals surface area contributed by atoms with E-state index in [1.165, 1.54) is 6.33 Å². The molecule has 0 bridgehead atoms. The Kier molecular flexibility index (Phi) is 2.95. The number of benzene rings is 1. The predicted molar refractivity (Wildman–Crippen MR) is 74.1 cm³/mol. The highest BCUT2D eigenvalue weighted by atomic mass is 16.5. The van der Waals surface area contributed by atoms with Crippen LogP contribution < -0.4 is 15.8 Å². The molecule has 0 saturated heterocycles. The predicted octanol–water partition coefficient (Wildman–Crippen LogP) is 2.17. The number of nitrogens with one attached hydrogen (secondary N) is 1. The molecule has 3 N–H and O–H groups in total. The molecule has 1 aromatic heterocycles. The van der Waals surface area contributed by atoms with Gasteiger partial charge in [0.2, 0.25) is 0 Å². The van der Waals surface area contributed by atoms with E-state index in [2.05, 4.69) is 21.4 Å². The van der Waals surface area contributed by atoms with Crippen molar-refractivity contribution < 1.29 is 4.74 Å². The van der Waals surface area contributed by atoms with Crippen LogP contribution in [0.25, 0.3) is 0 Å². The molecule has 1 aliphatic rings. The minimum absolute atomic E-state index is 0.107. The fraction of sp³-hybridized carbons (Fsp3) is 0.286. The molecule has 0 amide bonds. The third kappa shape index (κ3) is 2.07. The van der Waals surface area contributed by atoms with Gasteiger partial charge in [-0.25, -0.2) is 9.97 Å². The van der Waals surface area contributed by atoms with E-state index in [0.717, 1.165) is 29.1 Å². The Balaban J connectivity index is 1.90. The maximum Gasteiger partial charge on any atom is 0.135 e. The van der Waals surface area contributed by atoms with Crippen LogP contribution in [0.2, 0.25) is 0 Å². The number of para-hydroxylation sites is 1. The van der Waals surface area contributed by atoms with Gasteiger partial charge in [-0.1, -0.05) is 25.1 Å². The fourth-order valence-corrected chi connectivity index (χ4v) is 2.35. The summed E-state index contributed by atoms with van der Waals surface area (Å²) in [5, 5.41) is 3.40. The SMILES string of the molecule is CCc1c(N)ncnc1NC1COc2ccccc21. The number of rotatable bonds is 3. The topological polar surface area (TPSA) is 73.1 Å². The van der Waals surface area contributed by atoms with Gasteiger partial charge >= 0.3 is 0 Å². The number of nitrogens with two attached hydrogens (primary N) is 1. The minimum atomic E-state index is 0.107. The molecule has 2 aromatic rings. The fourth-order valence-electron chi connectivity index (χ4n) is 2.35. The van der Waals surface area contributed by atoms with Gasteiger partial charge in [-0.15, -0.1) is 0 Å². The number of fused-ring (bicyclic) bond motifs is 1. The van der Waals surface area contributed by atoms with Crippen molar-refractivity contribution >= 4 is 11.6 Å². The Labute approximate surface area is 111 Å². The Hall–Kier alpha value is -2.30. The molecule has 0 radical (unpaired) electrons. The normalized spacial score (nSPS) is 16.8. The zero-order chi connectivity index (χ0) is 13.2. The average Bonchev–Trinajstić information content (AvgIpc) is 2.83. The molecule has 1 atom stereocenters. The first-order valence-corrected chi connectivity index (χ1v) is 6.37. The quantitative estimate of drug-likeness (QED) is 0.880. The number of hydrogen-bond acceptors (Lipinski definition) is 5. The molecule has 1 unspecified atom stereocenters. The molecular formula is C14H16N4O. The van der Waals surface area contributed by atoms with Crippen molar-refractivity contribution in [1.29, 1.82) is 0 Å². The van der Waals surface area contributed by atoms with E-state index in [0.29, 0.717) is 12.4 Å². The van der Waals surface area contributed by atoms with Crippen molar-refractivity contribution in [2.24, 2.45) is 0 Å². The number of nitrogen functional groups attached to an aromatic ring is 1. The molecular weight excluding hydrogens is 240 g/mol. The Morgan fingerprint density at radius 1 is 1.37 bits per heavy atom. The second-order valence-electron chi connectivity index (χ2n) is 4.49. The van der Waals surface area contributed by atoms with Crippen LogP contribution in [0.15, 0.2) is 30.6 Å². The van der Waals surface area contributed by atoms with Crippen LogP contribution in [-0.2, 0) is 6.42 Å². The second-order valence-corrected chi connectivity index (χ2v) is 4.49. The highest BCUT2D eigenvalue weighted by molar-refractivity contribution is 5.57. The summed E-state index contributed by atoms with van der Waals surface area (Å²) in [6, 6.07) is 8.14. The van der Waals surface area contributed by atoms with Crippen molar-refractivity contribution in [1.82, 2.24) is 9.97 Å². The number of nitrogens with zero attached hydrogens (tertiary/aromatic N) is 2. The maximum atomic E-state index is 5.88. The van der Waals surface area contributed by atoms with Crippen molar-refractivity contribution in [3.05, 3.63) is 41.7 Å². The summed E-state index contributed by atoms with van der Waals surface area (Å²) < 4.78 is 5.65. The summed E-state index contributed by atoms with van der Waals surface area (Å²) in [6.07, 6.45) is 2.28. The number of anilines is 2. The van der Waals surface area contributed by atoms with Crippen LogP contribution in [0.4, 0.5) is 11.6 Å². The van der Waals surface area contributed by atoms with E-state index in [1.807, 2.05) is 25.1 Å². The van der Waals surface area contributed by atoms with E-state index in [-0.39, 0.29) is 6.04 Å². The van der Waals surface area contributed by atoms with Gasteiger partial charge in [0.25, 0.3) is 0 Å². The van der Waals surface area contributed by atoms with Crippen LogP contribution in [0, 0.1) is 0 Å². The smallest absolute Gasteiger partial charge is 0.135 e. The van der Waals surface area contributed by atoms with Crippen molar-refractivity contribution in [3.63, 3.8) is 0 Å². The average molecular weight is 256 g/mol. The van der Waals surface area contributed by atoms with Crippen molar-refractivity contribution in [2.75, 3.05) is 17.7 Å². The Bertz CT molecular complexity index is 600. The highest BCUT2D eigenvalue weighted by Gasteiger charge is 2.24. The standard InChI is InChI=1S/C14H16N4O/c1-2-9-13(15)16-8-17-14(9)18-11-7-19-12-6-4-3-5-10(11)12/h3-6,8,11H,2,7H2,1H3,(H3,15,16,17,18).